The molecule has 1 aromatic heterocycles. The van der Waals surface area contributed by atoms with E-state index in [4.69, 9.17) is 0 Å². The summed E-state index contributed by atoms with van der Waals surface area (Å²) in [5.74, 6) is -2.79. The number of aromatic hydroxyl groups is 2. The summed E-state index contributed by atoms with van der Waals surface area (Å²) >= 11 is 0. The summed E-state index contributed by atoms with van der Waals surface area (Å²) in [6, 6.07) is 21.0. The number of phenols is 2. The van der Waals surface area contributed by atoms with E-state index in [9.17, 15) is 19.8 Å². The van der Waals surface area contributed by atoms with Gasteiger partial charge in [-0.1, -0.05) is 42.5 Å². The van der Waals surface area contributed by atoms with Gasteiger partial charge in [0.25, 0.3) is 0 Å². The van der Waals surface area contributed by atoms with E-state index in [-0.39, 0.29) is 40.2 Å². The molecule has 4 aromatic rings. The predicted molar refractivity (Wildman–Crippen MR) is 120 cm³/mol. The van der Waals surface area contributed by atoms with Crippen LogP contribution in [0, 0.1) is 0 Å². The first-order chi connectivity index (χ1) is 16.0. The number of hydrogen-bond acceptors (Lipinski definition) is 10. The molecule has 33 heavy (non-hydrogen) atoms. The van der Waals surface area contributed by atoms with Gasteiger partial charge in [-0.3, -0.25) is 15.0 Å². The third-order valence-corrected chi connectivity index (χ3v) is 4.49. The van der Waals surface area contributed by atoms with Crippen LogP contribution in [0.5, 0.6) is 11.5 Å². The molecule has 0 amide bonds. The number of aromatic nitrogens is 3. The number of nitrogens with zero attached hydrogens (tertiary/aromatic N) is 3. The third-order valence-electron chi connectivity index (χ3n) is 4.49. The number of ketones is 2. The number of anilines is 2. The van der Waals surface area contributed by atoms with Gasteiger partial charge in [-0.25, -0.2) is 4.98 Å². The van der Waals surface area contributed by atoms with E-state index in [1.807, 2.05) is 30.3 Å². The summed E-state index contributed by atoms with van der Waals surface area (Å²) in [4.78, 5) is 38.1. The summed E-state index contributed by atoms with van der Waals surface area (Å²) in [6.07, 6.45) is 0. The van der Waals surface area contributed by atoms with Crippen molar-refractivity contribution in [2.75, 3.05) is 10.9 Å². The first-order valence-corrected chi connectivity index (χ1v) is 9.76. The largest absolute Gasteiger partial charge is 0.507 e. The molecule has 0 spiro atoms. The summed E-state index contributed by atoms with van der Waals surface area (Å²) in [5.41, 5.74) is 8.86. The summed E-state index contributed by atoms with van der Waals surface area (Å²) in [5, 5.41) is 20.1. The Morgan fingerprint density at radius 1 is 0.606 bits per heavy atom. The molecule has 0 unspecified atom stereocenters. The van der Waals surface area contributed by atoms with Crippen molar-refractivity contribution in [1.29, 1.82) is 0 Å². The Morgan fingerprint density at radius 2 is 1.09 bits per heavy atom. The van der Waals surface area contributed by atoms with E-state index in [1.165, 1.54) is 24.3 Å². The Balaban J connectivity index is 1.68. The molecule has 0 aliphatic rings. The Hall–Kier alpha value is -4.83. The topological polar surface area (TPSA) is 149 Å². The number of carbonyl (C=O) groups excluding carboxylic acids is 2. The van der Waals surface area contributed by atoms with Crippen molar-refractivity contribution in [2.45, 2.75) is 0 Å². The Kier molecular flexibility index (Phi) is 6.19. The number of rotatable bonds is 8. The third kappa shape index (κ3) is 4.92. The average Bonchev–Trinajstić information content (AvgIpc) is 2.84. The number of phenolic OH excluding ortho intramolecular Hbond substituents is 2. The van der Waals surface area contributed by atoms with E-state index in [2.05, 4.69) is 31.3 Å². The van der Waals surface area contributed by atoms with Crippen LogP contribution in [0.15, 0.2) is 78.9 Å². The molecular weight excluding hydrogens is 424 g/mol. The fourth-order valence-corrected chi connectivity index (χ4v) is 2.89. The highest BCUT2D eigenvalue weighted by molar-refractivity contribution is 6.11. The van der Waals surface area contributed by atoms with Gasteiger partial charge in [-0.15, -0.1) is 5.53 Å². The maximum Gasteiger partial charge on any atom is 0.243 e. The molecule has 164 valence electrons. The fraction of sp³-hybridized carbons (Fsp3) is 0. The lowest BCUT2D eigenvalue weighted by Gasteiger charge is -2.11. The van der Waals surface area contributed by atoms with Crippen molar-refractivity contribution in [2.24, 2.45) is 0 Å². The molecule has 0 fully saturated rings. The van der Waals surface area contributed by atoms with Crippen LogP contribution in [-0.2, 0) is 0 Å². The van der Waals surface area contributed by atoms with Gasteiger partial charge in [0.05, 0.1) is 16.8 Å². The zero-order valence-corrected chi connectivity index (χ0v) is 17.1. The molecule has 1 heterocycles. The highest BCUT2D eigenvalue weighted by Gasteiger charge is 2.23. The van der Waals surface area contributed by atoms with Gasteiger partial charge in [0, 0.05) is 0 Å². The first-order valence-electron chi connectivity index (χ1n) is 9.76. The van der Waals surface area contributed by atoms with Gasteiger partial charge in [-0.2, -0.15) is 9.97 Å². The number of hydrogen-bond donors (Lipinski definition) is 5. The molecule has 0 bridgehead atoms. The van der Waals surface area contributed by atoms with Crippen LogP contribution in [0.1, 0.15) is 32.4 Å². The smallest absolute Gasteiger partial charge is 0.243 e. The minimum Gasteiger partial charge on any atom is -0.507 e. The normalized spacial score (nSPS) is 10.4. The van der Waals surface area contributed by atoms with E-state index >= 15 is 0 Å². The highest BCUT2D eigenvalue weighted by Crippen LogP contribution is 2.21. The van der Waals surface area contributed by atoms with Crippen LogP contribution in [0.2, 0.25) is 0 Å². The summed E-state index contributed by atoms with van der Waals surface area (Å²) < 4.78 is 0. The van der Waals surface area contributed by atoms with Gasteiger partial charge in [0.1, 0.15) is 11.5 Å². The van der Waals surface area contributed by atoms with Crippen molar-refractivity contribution in [3.8, 4) is 11.5 Å². The monoisotopic (exact) mass is 442 g/mol. The van der Waals surface area contributed by atoms with Gasteiger partial charge in [0.15, 0.2) is 0 Å². The number of nitrogens with one attached hydrogen (secondary N) is 3. The number of hydrazine groups is 2. The van der Waals surface area contributed by atoms with Crippen LogP contribution in [0.25, 0.3) is 0 Å². The van der Waals surface area contributed by atoms with Gasteiger partial charge in [0.2, 0.25) is 29.2 Å². The van der Waals surface area contributed by atoms with Crippen LogP contribution in [0.3, 0.4) is 0 Å². The quantitative estimate of drug-likeness (QED) is 0.204. The van der Waals surface area contributed by atoms with Gasteiger partial charge >= 0.3 is 0 Å². The second-order valence-electron chi connectivity index (χ2n) is 6.74. The van der Waals surface area contributed by atoms with Crippen molar-refractivity contribution < 1.29 is 19.8 Å². The lowest BCUT2D eigenvalue weighted by atomic mass is 10.1. The minimum absolute atomic E-state index is 0.0361. The number of carbonyl (C=O) groups is 2. The molecule has 0 aliphatic carbocycles. The van der Waals surface area contributed by atoms with Crippen LogP contribution in [-0.4, -0.2) is 36.7 Å². The molecular formula is C23H18N6O4. The van der Waals surface area contributed by atoms with Crippen molar-refractivity contribution in [3.05, 3.63) is 102 Å². The van der Waals surface area contributed by atoms with E-state index in [0.29, 0.717) is 0 Å². The Labute approximate surface area is 187 Å². The van der Waals surface area contributed by atoms with Crippen molar-refractivity contribution in [3.63, 3.8) is 0 Å². The minimum atomic E-state index is -0.707. The van der Waals surface area contributed by atoms with Crippen LogP contribution in [0.4, 0.5) is 11.6 Å². The van der Waals surface area contributed by atoms with Crippen molar-refractivity contribution in [1.82, 2.24) is 20.5 Å². The SMILES string of the molecule is O=C(c1nc(NNNc2ccccc2)nc(C(=O)c2ccccc2O)n1)c1ccccc1O. The zero-order chi connectivity index (χ0) is 23.2. The molecule has 4 rings (SSSR count). The van der Waals surface area contributed by atoms with E-state index < -0.39 is 11.6 Å². The molecule has 10 nitrogen and oxygen atoms in total. The number of para-hydroxylation sites is 3. The molecule has 5 N–H and O–H groups in total. The van der Waals surface area contributed by atoms with Gasteiger partial charge in [-0.05, 0) is 36.4 Å². The van der Waals surface area contributed by atoms with Crippen LogP contribution < -0.4 is 16.4 Å². The Bertz CT molecular complexity index is 1240. The standard InChI is InChI=1S/C23H18N6O4/c30-17-12-6-4-10-15(17)19(32)21-24-22(20(33)16-11-5-7-13-18(16)31)26-23(25-21)28-29-27-14-8-2-1-3-9-14/h1-13,27,29-31H,(H,24,25,26,28). The molecule has 3 aromatic carbocycles. The molecule has 0 saturated carbocycles. The summed E-state index contributed by atoms with van der Waals surface area (Å²) in [6.45, 7) is 0. The second-order valence-corrected chi connectivity index (χ2v) is 6.74. The van der Waals surface area contributed by atoms with E-state index in [1.54, 1.807) is 24.3 Å². The first kappa shape index (κ1) is 21.4. The molecule has 10 heteroatoms. The van der Waals surface area contributed by atoms with Crippen molar-refractivity contribution >= 4 is 23.2 Å². The maximum absolute atomic E-state index is 13.0. The highest BCUT2D eigenvalue weighted by atomic mass is 16.3. The zero-order valence-electron chi connectivity index (χ0n) is 17.1. The van der Waals surface area contributed by atoms with Gasteiger partial charge < -0.3 is 15.6 Å². The summed E-state index contributed by atoms with van der Waals surface area (Å²) in [7, 11) is 0. The maximum atomic E-state index is 13.0. The van der Waals surface area contributed by atoms with E-state index in [0.717, 1.165) is 5.69 Å². The Morgan fingerprint density at radius 3 is 1.61 bits per heavy atom. The average molecular weight is 442 g/mol. The molecule has 0 radical (unpaired) electrons. The molecule has 0 atom stereocenters. The fourth-order valence-electron chi connectivity index (χ4n) is 2.89. The van der Waals surface area contributed by atoms with Crippen LogP contribution >= 0.6 is 0 Å². The number of benzene rings is 3. The second kappa shape index (κ2) is 9.54. The lowest BCUT2D eigenvalue weighted by molar-refractivity contribution is 0.102. The molecule has 0 saturated heterocycles. The predicted octanol–water partition coefficient (Wildman–Crippen LogP) is 2.69. The molecule has 0 aliphatic heterocycles. The lowest BCUT2D eigenvalue weighted by Crippen LogP contribution is -2.30.